The lowest BCUT2D eigenvalue weighted by Gasteiger charge is -2.08. The molecule has 24 heavy (non-hydrogen) atoms. The average Bonchev–Trinajstić information content (AvgIpc) is 2.63. The molecule has 0 saturated carbocycles. The highest BCUT2D eigenvalue weighted by Gasteiger charge is 2.01. The van der Waals surface area contributed by atoms with E-state index >= 15 is 0 Å². The fourth-order valence-corrected chi connectivity index (χ4v) is 2.06. The van der Waals surface area contributed by atoms with Crippen LogP contribution in [-0.4, -0.2) is 28.1 Å². The first-order valence-electron chi connectivity index (χ1n) is 7.68. The molecule has 2 aromatic heterocycles. The lowest BCUT2D eigenvalue weighted by molar-refractivity contribution is 0.302. The molecule has 6 nitrogen and oxygen atoms in total. The van der Waals surface area contributed by atoms with Crippen molar-refractivity contribution in [2.45, 2.75) is 6.54 Å². The van der Waals surface area contributed by atoms with Crippen molar-refractivity contribution in [3.63, 3.8) is 0 Å². The Hall–Kier alpha value is -2.99. The minimum atomic E-state index is 0.339. The molecule has 6 heteroatoms. The van der Waals surface area contributed by atoms with Gasteiger partial charge in [-0.05, 0) is 29.8 Å². The molecule has 0 bridgehead atoms. The van der Waals surface area contributed by atoms with Crippen LogP contribution in [0.2, 0.25) is 0 Å². The third kappa shape index (κ3) is 5.03. The molecule has 0 fully saturated rings. The number of benzene rings is 1. The van der Waals surface area contributed by atoms with Gasteiger partial charge in [0.15, 0.2) is 0 Å². The molecule has 122 valence electrons. The molecule has 0 radical (unpaired) electrons. The van der Waals surface area contributed by atoms with Crippen LogP contribution in [0.1, 0.15) is 5.56 Å². The summed E-state index contributed by atoms with van der Waals surface area (Å²) in [5.41, 5.74) is 1.11. The molecule has 1 N–H and O–H groups in total. The quantitative estimate of drug-likeness (QED) is 0.643. The Balaban J connectivity index is 1.43. The van der Waals surface area contributed by atoms with E-state index in [0.717, 1.165) is 18.7 Å². The number of nitrogens with one attached hydrogen (secondary N) is 1. The average molecular weight is 322 g/mol. The maximum absolute atomic E-state index is 5.62. The third-order valence-corrected chi connectivity index (χ3v) is 3.15. The normalized spacial score (nSPS) is 10.3. The van der Waals surface area contributed by atoms with E-state index in [4.69, 9.17) is 9.47 Å². The second kappa shape index (κ2) is 8.59. The van der Waals surface area contributed by atoms with Crippen LogP contribution in [0, 0.1) is 0 Å². The first kappa shape index (κ1) is 15.9. The van der Waals surface area contributed by atoms with E-state index in [-0.39, 0.29) is 0 Å². The molecule has 2 heterocycles. The van der Waals surface area contributed by atoms with E-state index < -0.39 is 0 Å². The van der Waals surface area contributed by atoms with Gasteiger partial charge in [-0.25, -0.2) is 15.0 Å². The lowest BCUT2D eigenvalue weighted by atomic mass is 10.2. The molecular formula is C18H18N4O2. The minimum Gasteiger partial charge on any atom is -0.476 e. The van der Waals surface area contributed by atoms with E-state index in [1.165, 1.54) is 0 Å². The van der Waals surface area contributed by atoms with Crippen LogP contribution in [0.5, 0.6) is 17.6 Å². The van der Waals surface area contributed by atoms with Crippen molar-refractivity contribution in [3.8, 4) is 17.6 Å². The standard InChI is InChI=1S/C18H18N4O2/c1-2-8-20-17(7-1)23-12-11-19-14-15-5-3-6-16(13-15)24-18-21-9-4-10-22-18/h1-10,13,19H,11-12,14H2. The largest absolute Gasteiger partial charge is 0.476 e. The summed E-state index contributed by atoms with van der Waals surface area (Å²) >= 11 is 0. The monoisotopic (exact) mass is 322 g/mol. The number of nitrogens with zero attached hydrogens (tertiary/aromatic N) is 3. The van der Waals surface area contributed by atoms with Crippen LogP contribution in [0.15, 0.2) is 67.1 Å². The second-order valence-electron chi connectivity index (χ2n) is 4.97. The van der Waals surface area contributed by atoms with E-state index in [1.54, 1.807) is 24.7 Å². The number of pyridine rings is 1. The Morgan fingerprint density at radius 2 is 1.75 bits per heavy atom. The van der Waals surface area contributed by atoms with Crippen molar-refractivity contribution in [3.05, 3.63) is 72.7 Å². The number of ether oxygens (including phenoxy) is 2. The van der Waals surface area contributed by atoms with Crippen molar-refractivity contribution in [2.24, 2.45) is 0 Å². The van der Waals surface area contributed by atoms with Gasteiger partial charge in [-0.1, -0.05) is 18.2 Å². The molecule has 3 aromatic rings. The summed E-state index contributed by atoms with van der Waals surface area (Å²) in [4.78, 5) is 12.2. The predicted octanol–water partition coefficient (Wildman–Crippen LogP) is 2.83. The summed E-state index contributed by atoms with van der Waals surface area (Å²) in [6.45, 7) is 2.01. The molecule has 3 rings (SSSR count). The second-order valence-corrected chi connectivity index (χ2v) is 4.97. The van der Waals surface area contributed by atoms with Crippen molar-refractivity contribution in [1.82, 2.24) is 20.3 Å². The van der Waals surface area contributed by atoms with E-state index in [0.29, 0.717) is 24.2 Å². The van der Waals surface area contributed by atoms with E-state index in [9.17, 15) is 0 Å². The van der Waals surface area contributed by atoms with Crippen LogP contribution in [0.25, 0.3) is 0 Å². The summed E-state index contributed by atoms with van der Waals surface area (Å²) in [6.07, 6.45) is 5.01. The van der Waals surface area contributed by atoms with E-state index in [2.05, 4.69) is 20.3 Å². The van der Waals surface area contributed by atoms with Crippen LogP contribution >= 0.6 is 0 Å². The SMILES string of the molecule is c1ccc(OCCNCc2cccc(Oc3ncccn3)c2)nc1. The molecule has 0 aliphatic rings. The van der Waals surface area contributed by atoms with E-state index in [1.807, 2.05) is 42.5 Å². The zero-order valence-corrected chi connectivity index (χ0v) is 13.1. The van der Waals surface area contributed by atoms with Crippen LogP contribution in [0.4, 0.5) is 0 Å². The Morgan fingerprint density at radius 3 is 2.58 bits per heavy atom. The lowest BCUT2D eigenvalue weighted by Crippen LogP contribution is -2.20. The molecular weight excluding hydrogens is 304 g/mol. The molecule has 0 saturated heterocycles. The van der Waals surface area contributed by atoms with Gasteiger partial charge < -0.3 is 14.8 Å². The van der Waals surface area contributed by atoms with Gasteiger partial charge in [0.25, 0.3) is 0 Å². The summed E-state index contributed by atoms with van der Waals surface area (Å²) < 4.78 is 11.2. The molecule has 0 aliphatic carbocycles. The fraction of sp³-hybridized carbons (Fsp3) is 0.167. The highest BCUT2D eigenvalue weighted by Crippen LogP contribution is 2.18. The maximum atomic E-state index is 5.62. The highest BCUT2D eigenvalue weighted by molar-refractivity contribution is 5.30. The first-order chi connectivity index (χ1) is 11.9. The summed E-state index contributed by atoms with van der Waals surface area (Å²) in [6, 6.07) is 15.5. The van der Waals surface area contributed by atoms with Crippen LogP contribution < -0.4 is 14.8 Å². The zero-order valence-electron chi connectivity index (χ0n) is 13.1. The van der Waals surface area contributed by atoms with Crippen LogP contribution in [0.3, 0.4) is 0 Å². The van der Waals surface area contributed by atoms with Gasteiger partial charge in [0.2, 0.25) is 5.88 Å². The molecule has 0 aliphatic heterocycles. The van der Waals surface area contributed by atoms with Crippen molar-refractivity contribution in [1.29, 1.82) is 0 Å². The van der Waals surface area contributed by atoms with Gasteiger partial charge >= 0.3 is 6.01 Å². The van der Waals surface area contributed by atoms with Gasteiger partial charge in [0.1, 0.15) is 12.4 Å². The Bertz CT molecular complexity index is 738. The number of hydrogen-bond acceptors (Lipinski definition) is 6. The van der Waals surface area contributed by atoms with Crippen molar-refractivity contribution >= 4 is 0 Å². The number of aromatic nitrogens is 3. The minimum absolute atomic E-state index is 0.339. The number of rotatable bonds is 8. The summed E-state index contributed by atoms with van der Waals surface area (Å²) in [7, 11) is 0. The van der Waals surface area contributed by atoms with Gasteiger partial charge in [0, 0.05) is 37.7 Å². The topological polar surface area (TPSA) is 69.2 Å². The molecule has 1 aromatic carbocycles. The van der Waals surface area contributed by atoms with Gasteiger partial charge in [-0.3, -0.25) is 0 Å². The van der Waals surface area contributed by atoms with Crippen molar-refractivity contribution in [2.75, 3.05) is 13.2 Å². The Morgan fingerprint density at radius 1 is 0.875 bits per heavy atom. The molecule has 0 amide bonds. The van der Waals surface area contributed by atoms with Crippen LogP contribution in [-0.2, 0) is 6.54 Å². The van der Waals surface area contributed by atoms with Gasteiger partial charge in [0.05, 0.1) is 0 Å². The Labute approximate surface area is 140 Å². The maximum Gasteiger partial charge on any atom is 0.321 e. The summed E-state index contributed by atoms with van der Waals surface area (Å²) in [5, 5.41) is 3.32. The zero-order chi connectivity index (χ0) is 16.5. The predicted molar refractivity (Wildman–Crippen MR) is 90.0 cm³/mol. The first-order valence-corrected chi connectivity index (χ1v) is 7.68. The highest BCUT2D eigenvalue weighted by atomic mass is 16.5. The Kier molecular flexibility index (Phi) is 5.69. The third-order valence-electron chi connectivity index (χ3n) is 3.15. The molecule has 0 atom stereocenters. The summed E-state index contributed by atoms with van der Waals surface area (Å²) in [5.74, 6) is 1.35. The molecule has 0 unspecified atom stereocenters. The number of hydrogen-bond donors (Lipinski definition) is 1. The van der Waals surface area contributed by atoms with Gasteiger partial charge in [-0.15, -0.1) is 0 Å². The van der Waals surface area contributed by atoms with Gasteiger partial charge in [-0.2, -0.15) is 0 Å². The fourth-order valence-electron chi connectivity index (χ4n) is 2.06. The van der Waals surface area contributed by atoms with Crippen molar-refractivity contribution < 1.29 is 9.47 Å². The molecule has 0 spiro atoms. The smallest absolute Gasteiger partial charge is 0.321 e.